The minimum atomic E-state index is -0.162. The average Bonchev–Trinajstić information content (AvgIpc) is 1.88. The van der Waals surface area contributed by atoms with E-state index in [0.29, 0.717) is 5.92 Å². The van der Waals surface area contributed by atoms with E-state index < -0.39 is 0 Å². The molecule has 60 valence electrons. The van der Waals surface area contributed by atoms with Crippen molar-refractivity contribution in [3.63, 3.8) is 0 Å². The molecule has 0 aromatic heterocycles. The summed E-state index contributed by atoms with van der Waals surface area (Å²) >= 11 is 0. The van der Waals surface area contributed by atoms with E-state index in [9.17, 15) is 0 Å². The predicted molar refractivity (Wildman–Crippen MR) is 44.9 cm³/mol. The molecule has 2 atom stereocenters. The Morgan fingerprint density at radius 3 is 2.50 bits per heavy atom. The zero-order chi connectivity index (χ0) is 7.98. The van der Waals surface area contributed by atoms with Crippen molar-refractivity contribution in [3.05, 3.63) is 12.7 Å². The number of allylic oxidation sites excluding steroid dienone is 1. The molecule has 0 radical (unpaired) electrons. The summed E-state index contributed by atoms with van der Waals surface area (Å²) in [6.45, 7) is 7.56. The second-order valence-corrected chi connectivity index (χ2v) is 2.94. The van der Waals surface area contributed by atoms with E-state index in [1.54, 1.807) is 0 Å². The third-order valence-electron chi connectivity index (χ3n) is 1.89. The van der Waals surface area contributed by atoms with E-state index in [1.165, 1.54) is 0 Å². The lowest BCUT2D eigenvalue weighted by atomic mass is 9.99. The molecular formula is C9H18O. The largest absolute Gasteiger partial charge is 0.393 e. The van der Waals surface area contributed by atoms with Crippen molar-refractivity contribution in [2.45, 2.75) is 39.2 Å². The van der Waals surface area contributed by atoms with E-state index in [0.717, 1.165) is 19.3 Å². The van der Waals surface area contributed by atoms with Crippen LogP contribution in [0.3, 0.4) is 0 Å². The monoisotopic (exact) mass is 142 g/mol. The molecule has 0 spiro atoms. The molecule has 0 saturated heterocycles. The van der Waals surface area contributed by atoms with Crippen LogP contribution in [0.2, 0.25) is 0 Å². The van der Waals surface area contributed by atoms with Crippen LogP contribution in [0.25, 0.3) is 0 Å². The Morgan fingerprint density at radius 1 is 1.50 bits per heavy atom. The summed E-state index contributed by atoms with van der Waals surface area (Å²) in [6, 6.07) is 0. The molecule has 0 heterocycles. The molecule has 0 aromatic rings. The number of aliphatic hydroxyl groups is 1. The smallest absolute Gasteiger partial charge is 0.0537 e. The minimum Gasteiger partial charge on any atom is -0.393 e. The average molecular weight is 142 g/mol. The maximum atomic E-state index is 9.09. The van der Waals surface area contributed by atoms with Gasteiger partial charge in [-0.15, -0.1) is 6.58 Å². The minimum absolute atomic E-state index is 0.162. The number of hydrogen-bond donors (Lipinski definition) is 1. The summed E-state index contributed by atoms with van der Waals surface area (Å²) in [5.74, 6) is 0.431. The molecule has 0 aliphatic rings. The molecule has 0 fully saturated rings. The van der Waals surface area contributed by atoms with Gasteiger partial charge < -0.3 is 5.11 Å². The van der Waals surface area contributed by atoms with Crippen LogP contribution in [-0.4, -0.2) is 11.2 Å². The first kappa shape index (κ1) is 9.70. The van der Waals surface area contributed by atoms with Gasteiger partial charge in [-0.1, -0.05) is 13.0 Å². The zero-order valence-electron chi connectivity index (χ0n) is 7.01. The second kappa shape index (κ2) is 5.48. The van der Waals surface area contributed by atoms with Crippen molar-refractivity contribution in [1.29, 1.82) is 0 Å². The normalized spacial score (nSPS) is 16.3. The summed E-state index contributed by atoms with van der Waals surface area (Å²) in [6.07, 6.45) is 5.08. The van der Waals surface area contributed by atoms with Gasteiger partial charge in [0.1, 0.15) is 0 Å². The molecule has 0 aliphatic carbocycles. The molecule has 1 nitrogen and oxygen atoms in total. The Labute approximate surface area is 63.8 Å². The summed E-state index contributed by atoms with van der Waals surface area (Å²) in [5, 5.41) is 9.09. The molecule has 0 bridgehead atoms. The molecule has 1 heteroatoms. The summed E-state index contributed by atoms with van der Waals surface area (Å²) < 4.78 is 0. The lowest BCUT2D eigenvalue weighted by molar-refractivity contribution is 0.129. The third kappa shape index (κ3) is 4.57. The van der Waals surface area contributed by atoms with Crippen LogP contribution in [0.15, 0.2) is 12.7 Å². The highest BCUT2D eigenvalue weighted by molar-refractivity contribution is 4.67. The van der Waals surface area contributed by atoms with Crippen molar-refractivity contribution in [2.24, 2.45) is 5.92 Å². The van der Waals surface area contributed by atoms with Crippen molar-refractivity contribution in [1.82, 2.24) is 0 Å². The van der Waals surface area contributed by atoms with Gasteiger partial charge in [0.15, 0.2) is 0 Å². The van der Waals surface area contributed by atoms with Gasteiger partial charge in [-0.2, -0.15) is 0 Å². The predicted octanol–water partition coefficient (Wildman–Crippen LogP) is 2.36. The van der Waals surface area contributed by atoms with Gasteiger partial charge in [-0.25, -0.2) is 0 Å². The molecule has 0 rings (SSSR count). The molecule has 1 N–H and O–H groups in total. The highest BCUT2D eigenvalue weighted by Crippen LogP contribution is 2.11. The quantitative estimate of drug-likeness (QED) is 0.461. The highest BCUT2D eigenvalue weighted by atomic mass is 16.3. The Morgan fingerprint density at radius 2 is 2.10 bits per heavy atom. The molecule has 0 aliphatic heterocycles. The Hall–Kier alpha value is -0.300. The Bertz CT molecular complexity index is 86.7. The number of rotatable bonds is 5. The van der Waals surface area contributed by atoms with Gasteiger partial charge >= 0.3 is 0 Å². The maximum absolute atomic E-state index is 9.09. The lowest BCUT2D eigenvalue weighted by Crippen LogP contribution is -2.12. The van der Waals surface area contributed by atoms with Gasteiger partial charge in [0.2, 0.25) is 0 Å². The standard InChI is InChI=1S/C9H18O/c1-4-5-6-7-8(2)9(3)10/h4,8-10H,1,5-7H2,2-3H3/t8-,9-/m0/s1. The van der Waals surface area contributed by atoms with Gasteiger partial charge in [0.25, 0.3) is 0 Å². The van der Waals surface area contributed by atoms with Crippen LogP contribution >= 0.6 is 0 Å². The maximum Gasteiger partial charge on any atom is 0.0537 e. The fourth-order valence-corrected chi connectivity index (χ4v) is 0.825. The van der Waals surface area contributed by atoms with Gasteiger partial charge in [0, 0.05) is 0 Å². The van der Waals surface area contributed by atoms with Crippen molar-refractivity contribution in [2.75, 3.05) is 0 Å². The highest BCUT2D eigenvalue weighted by Gasteiger charge is 2.06. The molecule has 0 saturated carbocycles. The molecule has 0 unspecified atom stereocenters. The first-order valence-electron chi connectivity index (χ1n) is 3.97. The molecule has 0 amide bonds. The van der Waals surface area contributed by atoms with E-state index >= 15 is 0 Å². The first-order valence-corrected chi connectivity index (χ1v) is 3.97. The van der Waals surface area contributed by atoms with E-state index in [2.05, 4.69) is 13.5 Å². The van der Waals surface area contributed by atoms with Crippen LogP contribution < -0.4 is 0 Å². The van der Waals surface area contributed by atoms with E-state index in [1.807, 2.05) is 13.0 Å². The van der Waals surface area contributed by atoms with E-state index in [4.69, 9.17) is 5.11 Å². The number of aliphatic hydroxyl groups excluding tert-OH is 1. The van der Waals surface area contributed by atoms with Crippen molar-refractivity contribution >= 4 is 0 Å². The van der Waals surface area contributed by atoms with Crippen LogP contribution in [0, 0.1) is 5.92 Å². The van der Waals surface area contributed by atoms with Crippen LogP contribution in [0.1, 0.15) is 33.1 Å². The van der Waals surface area contributed by atoms with Gasteiger partial charge in [-0.05, 0) is 32.1 Å². The topological polar surface area (TPSA) is 20.2 Å². The third-order valence-corrected chi connectivity index (χ3v) is 1.89. The van der Waals surface area contributed by atoms with Crippen LogP contribution in [0.4, 0.5) is 0 Å². The number of hydrogen-bond acceptors (Lipinski definition) is 1. The van der Waals surface area contributed by atoms with Crippen molar-refractivity contribution < 1.29 is 5.11 Å². The summed E-state index contributed by atoms with van der Waals surface area (Å²) in [7, 11) is 0. The van der Waals surface area contributed by atoms with Gasteiger partial charge in [-0.3, -0.25) is 0 Å². The van der Waals surface area contributed by atoms with Crippen molar-refractivity contribution in [3.8, 4) is 0 Å². The fraction of sp³-hybridized carbons (Fsp3) is 0.778. The zero-order valence-corrected chi connectivity index (χ0v) is 7.01. The Kier molecular flexibility index (Phi) is 5.32. The van der Waals surface area contributed by atoms with Crippen LogP contribution in [-0.2, 0) is 0 Å². The Balaban J connectivity index is 3.21. The van der Waals surface area contributed by atoms with Crippen LogP contribution in [0.5, 0.6) is 0 Å². The summed E-state index contributed by atoms with van der Waals surface area (Å²) in [4.78, 5) is 0. The molecule has 0 aromatic carbocycles. The lowest BCUT2D eigenvalue weighted by Gasteiger charge is -2.12. The fourth-order valence-electron chi connectivity index (χ4n) is 0.825. The first-order chi connectivity index (χ1) is 4.68. The molecule has 10 heavy (non-hydrogen) atoms. The summed E-state index contributed by atoms with van der Waals surface area (Å²) in [5.41, 5.74) is 0. The van der Waals surface area contributed by atoms with Gasteiger partial charge in [0.05, 0.1) is 6.10 Å². The second-order valence-electron chi connectivity index (χ2n) is 2.94. The molecular weight excluding hydrogens is 124 g/mol. The number of unbranched alkanes of at least 4 members (excludes halogenated alkanes) is 1. The SMILES string of the molecule is C=CCCC[C@H](C)[C@H](C)O. The van der Waals surface area contributed by atoms with E-state index in [-0.39, 0.29) is 6.10 Å².